The molecular weight excluding hydrogens is 260 g/mol. The quantitative estimate of drug-likeness (QED) is 0.855. The monoisotopic (exact) mass is 277 g/mol. The van der Waals surface area contributed by atoms with E-state index in [4.69, 9.17) is 9.47 Å². The molecule has 1 heterocycles. The fraction of sp³-hybridized carbons (Fsp3) is 0.333. The molecule has 1 aliphatic heterocycles. The van der Waals surface area contributed by atoms with Crippen molar-refractivity contribution in [1.29, 1.82) is 0 Å². The van der Waals surface area contributed by atoms with E-state index in [-0.39, 0.29) is 10.9 Å². The number of rotatable bonds is 2. The fourth-order valence-corrected chi connectivity index (χ4v) is 4.52. The lowest BCUT2D eigenvalue weighted by molar-refractivity contribution is -0.0806. The van der Waals surface area contributed by atoms with Gasteiger partial charge >= 0.3 is 0 Å². The van der Waals surface area contributed by atoms with Crippen molar-refractivity contribution in [3.63, 3.8) is 0 Å². The first-order valence-corrected chi connectivity index (χ1v) is 7.89. The standard InChI is InChI=1S/C15H17O3S/c1-17-13-6-7-14(12-5-3-2-4-11(12)13)19-9-8-18-15(16)10-19/h2-7,15-16H,8-10H2,1H3/q+1. The third-order valence-corrected chi connectivity index (χ3v) is 5.68. The van der Waals surface area contributed by atoms with Crippen LogP contribution < -0.4 is 4.74 Å². The molecule has 0 bridgehead atoms. The fourth-order valence-electron chi connectivity index (χ4n) is 2.46. The molecular formula is C15H17O3S+. The molecule has 4 heteroatoms. The summed E-state index contributed by atoms with van der Waals surface area (Å²) >= 11 is 0. The van der Waals surface area contributed by atoms with Crippen molar-refractivity contribution < 1.29 is 14.6 Å². The average molecular weight is 277 g/mol. The molecule has 1 saturated heterocycles. The smallest absolute Gasteiger partial charge is 0.200 e. The van der Waals surface area contributed by atoms with Crippen molar-refractivity contribution in [2.24, 2.45) is 0 Å². The summed E-state index contributed by atoms with van der Waals surface area (Å²) in [5.41, 5.74) is 0. The summed E-state index contributed by atoms with van der Waals surface area (Å²) < 4.78 is 10.6. The van der Waals surface area contributed by atoms with E-state index in [1.807, 2.05) is 18.2 Å². The molecule has 19 heavy (non-hydrogen) atoms. The number of hydrogen-bond donors (Lipinski definition) is 1. The van der Waals surface area contributed by atoms with Crippen LogP contribution in [0.3, 0.4) is 0 Å². The largest absolute Gasteiger partial charge is 0.496 e. The first-order valence-electron chi connectivity index (χ1n) is 6.32. The van der Waals surface area contributed by atoms with Crippen molar-refractivity contribution in [3.05, 3.63) is 36.4 Å². The predicted molar refractivity (Wildman–Crippen MR) is 77.8 cm³/mol. The lowest BCUT2D eigenvalue weighted by Gasteiger charge is -2.20. The van der Waals surface area contributed by atoms with E-state index >= 15 is 0 Å². The molecule has 0 saturated carbocycles. The Labute approximate surface area is 115 Å². The Bertz CT molecular complexity index is 585. The molecule has 3 rings (SSSR count). The molecule has 3 nitrogen and oxygen atoms in total. The number of aliphatic hydroxyl groups is 1. The van der Waals surface area contributed by atoms with Gasteiger partial charge in [0.1, 0.15) is 11.5 Å². The molecule has 2 atom stereocenters. The minimum absolute atomic E-state index is 0.0465. The molecule has 0 aliphatic carbocycles. The van der Waals surface area contributed by atoms with Gasteiger partial charge in [-0.25, -0.2) is 0 Å². The number of benzene rings is 2. The van der Waals surface area contributed by atoms with Crippen LogP contribution in [0.4, 0.5) is 0 Å². The number of aliphatic hydroxyl groups excluding tert-OH is 1. The Hall–Kier alpha value is -1.23. The predicted octanol–water partition coefficient (Wildman–Crippen LogP) is 2.17. The van der Waals surface area contributed by atoms with Gasteiger partial charge in [0.05, 0.1) is 13.7 Å². The van der Waals surface area contributed by atoms with Gasteiger partial charge in [-0.2, -0.15) is 0 Å². The zero-order chi connectivity index (χ0) is 13.2. The molecule has 1 N–H and O–H groups in total. The van der Waals surface area contributed by atoms with Gasteiger partial charge < -0.3 is 14.6 Å². The maximum Gasteiger partial charge on any atom is 0.200 e. The van der Waals surface area contributed by atoms with E-state index in [0.29, 0.717) is 12.4 Å². The number of ether oxygens (including phenoxy) is 2. The second-order valence-corrected chi connectivity index (χ2v) is 6.67. The van der Waals surface area contributed by atoms with Gasteiger partial charge in [-0.05, 0) is 18.2 Å². The van der Waals surface area contributed by atoms with Crippen molar-refractivity contribution in [1.82, 2.24) is 0 Å². The van der Waals surface area contributed by atoms with Gasteiger partial charge in [-0.3, -0.25) is 0 Å². The van der Waals surface area contributed by atoms with E-state index < -0.39 is 6.29 Å². The van der Waals surface area contributed by atoms with Gasteiger partial charge in [0, 0.05) is 21.7 Å². The highest BCUT2D eigenvalue weighted by atomic mass is 32.2. The summed E-state index contributed by atoms with van der Waals surface area (Å²) in [6.45, 7) is 0.630. The van der Waals surface area contributed by atoms with E-state index in [1.165, 1.54) is 10.3 Å². The van der Waals surface area contributed by atoms with Crippen molar-refractivity contribution in [2.45, 2.75) is 11.2 Å². The van der Waals surface area contributed by atoms with Gasteiger partial charge in [0.15, 0.2) is 10.6 Å². The lowest BCUT2D eigenvalue weighted by atomic mass is 10.1. The molecule has 2 unspecified atom stereocenters. The van der Waals surface area contributed by atoms with Crippen LogP contribution in [0.15, 0.2) is 41.3 Å². The molecule has 0 radical (unpaired) electrons. The van der Waals surface area contributed by atoms with Gasteiger partial charge in [0.2, 0.25) is 6.29 Å². The van der Waals surface area contributed by atoms with Crippen molar-refractivity contribution in [3.8, 4) is 5.75 Å². The van der Waals surface area contributed by atoms with E-state index in [9.17, 15) is 5.11 Å². The molecule has 0 amide bonds. The summed E-state index contributed by atoms with van der Waals surface area (Å²) in [4.78, 5) is 1.30. The highest BCUT2D eigenvalue weighted by Crippen LogP contribution is 2.33. The van der Waals surface area contributed by atoms with Gasteiger partial charge in [-0.15, -0.1) is 0 Å². The maximum absolute atomic E-state index is 9.67. The minimum Gasteiger partial charge on any atom is -0.496 e. The zero-order valence-electron chi connectivity index (χ0n) is 10.8. The SMILES string of the molecule is COc1ccc([S+]2CCOC(O)C2)c2ccccc12. The Morgan fingerprint density at radius 2 is 2.00 bits per heavy atom. The summed E-state index contributed by atoms with van der Waals surface area (Å²) in [5.74, 6) is 2.57. The summed E-state index contributed by atoms with van der Waals surface area (Å²) in [6, 6.07) is 12.4. The van der Waals surface area contributed by atoms with Crippen LogP contribution in [0, 0.1) is 0 Å². The van der Waals surface area contributed by atoms with Crippen LogP contribution in [0.1, 0.15) is 0 Å². The molecule has 100 valence electrons. The normalized spacial score (nSPS) is 23.5. The maximum atomic E-state index is 9.67. The zero-order valence-corrected chi connectivity index (χ0v) is 11.7. The Morgan fingerprint density at radius 3 is 2.74 bits per heavy atom. The Morgan fingerprint density at radius 1 is 1.21 bits per heavy atom. The molecule has 0 aromatic heterocycles. The third-order valence-electron chi connectivity index (χ3n) is 3.36. The van der Waals surface area contributed by atoms with Crippen LogP contribution in [0.25, 0.3) is 10.8 Å². The lowest BCUT2D eigenvalue weighted by Crippen LogP contribution is -2.34. The van der Waals surface area contributed by atoms with Crippen molar-refractivity contribution in [2.75, 3.05) is 25.2 Å². The highest BCUT2D eigenvalue weighted by Gasteiger charge is 2.32. The van der Waals surface area contributed by atoms with Gasteiger partial charge in [-0.1, -0.05) is 18.2 Å². The van der Waals surface area contributed by atoms with E-state index in [0.717, 1.165) is 16.9 Å². The van der Waals surface area contributed by atoms with E-state index in [2.05, 4.69) is 18.2 Å². The number of fused-ring (bicyclic) bond motifs is 1. The first kappa shape index (κ1) is 12.8. The third kappa shape index (κ3) is 2.43. The summed E-state index contributed by atoms with van der Waals surface area (Å²) in [6.07, 6.45) is -0.627. The first-order chi connectivity index (χ1) is 9.29. The van der Waals surface area contributed by atoms with Gasteiger partial charge in [0.25, 0.3) is 0 Å². The summed E-state index contributed by atoms with van der Waals surface area (Å²) in [5, 5.41) is 12.0. The van der Waals surface area contributed by atoms with Crippen LogP contribution in [0.2, 0.25) is 0 Å². The summed E-state index contributed by atoms with van der Waals surface area (Å²) in [7, 11) is 1.74. The highest BCUT2D eigenvalue weighted by molar-refractivity contribution is 7.97. The Balaban J connectivity index is 2.09. The second-order valence-electron chi connectivity index (χ2n) is 4.50. The van der Waals surface area contributed by atoms with Crippen LogP contribution in [0.5, 0.6) is 5.75 Å². The Kier molecular flexibility index (Phi) is 3.64. The molecule has 0 spiro atoms. The molecule has 2 aromatic rings. The van der Waals surface area contributed by atoms with Crippen molar-refractivity contribution >= 4 is 21.7 Å². The molecule has 1 aliphatic rings. The van der Waals surface area contributed by atoms with Crippen LogP contribution in [-0.4, -0.2) is 36.6 Å². The van der Waals surface area contributed by atoms with Crippen LogP contribution in [-0.2, 0) is 15.6 Å². The van der Waals surface area contributed by atoms with E-state index in [1.54, 1.807) is 7.11 Å². The molecule has 2 aromatic carbocycles. The number of hydrogen-bond acceptors (Lipinski definition) is 3. The second kappa shape index (κ2) is 5.41. The minimum atomic E-state index is -0.627. The molecule has 1 fully saturated rings. The average Bonchev–Trinajstić information content (AvgIpc) is 2.46. The van der Waals surface area contributed by atoms with Crippen LogP contribution >= 0.6 is 0 Å². The topological polar surface area (TPSA) is 38.7 Å². The number of methoxy groups -OCH3 is 1.